The Labute approximate surface area is 195 Å². The standard InChI is InChI=1S/C28H22Br2/c29-19-21-11-15-25(16-12-21)27(23-7-3-1-4-8-23)28(24-9-5-2-6-10-24)26-17-13-22(20-30)14-18-26/h1-18H,19-20H2/b28-27+. The van der Waals surface area contributed by atoms with E-state index in [2.05, 4.69) is 141 Å². The van der Waals surface area contributed by atoms with Crippen molar-refractivity contribution in [2.45, 2.75) is 10.7 Å². The maximum absolute atomic E-state index is 3.56. The van der Waals surface area contributed by atoms with E-state index in [1.807, 2.05) is 0 Å². The minimum atomic E-state index is 0.858. The quantitative estimate of drug-likeness (QED) is 0.177. The lowest BCUT2D eigenvalue weighted by Crippen LogP contribution is -1.98. The Morgan fingerprint density at radius 2 is 0.700 bits per heavy atom. The maximum Gasteiger partial charge on any atom is 0.0283 e. The zero-order valence-corrected chi connectivity index (χ0v) is 19.7. The highest BCUT2D eigenvalue weighted by Crippen LogP contribution is 2.37. The molecule has 4 rings (SSSR count). The molecule has 0 bridgehead atoms. The third-order valence-electron chi connectivity index (χ3n) is 5.17. The van der Waals surface area contributed by atoms with Crippen molar-refractivity contribution in [2.24, 2.45) is 0 Å². The number of rotatable bonds is 6. The van der Waals surface area contributed by atoms with Crippen LogP contribution in [0.5, 0.6) is 0 Å². The second kappa shape index (κ2) is 10.1. The highest BCUT2D eigenvalue weighted by Gasteiger charge is 2.16. The average Bonchev–Trinajstić information content (AvgIpc) is 2.84. The van der Waals surface area contributed by atoms with Crippen molar-refractivity contribution >= 4 is 43.0 Å². The fourth-order valence-electron chi connectivity index (χ4n) is 3.64. The topological polar surface area (TPSA) is 0 Å². The molecular weight excluding hydrogens is 496 g/mol. The Bertz CT molecular complexity index is 1020. The molecule has 0 saturated heterocycles. The largest absolute Gasteiger partial charge is 0.0876 e. The van der Waals surface area contributed by atoms with Gasteiger partial charge in [-0.05, 0) is 44.5 Å². The number of benzene rings is 4. The molecule has 0 aliphatic heterocycles. The van der Waals surface area contributed by atoms with Crippen LogP contribution < -0.4 is 0 Å². The lowest BCUT2D eigenvalue weighted by molar-refractivity contribution is 1.40. The van der Waals surface area contributed by atoms with Gasteiger partial charge >= 0.3 is 0 Å². The first-order valence-corrected chi connectivity index (χ1v) is 12.2. The summed E-state index contributed by atoms with van der Waals surface area (Å²) in [6.45, 7) is 0. The predicted octanol–water partition coefficient (Wildman–Crippen LogP) is 8.48. The van der Waals surface area contributed by atoms with E-state index in [0.717, 1.165) is 10.7 Å². The lowest BCUT2D eigenvalue weighted by Gasteiger charge is -2.18. The predicted molar refractivity (Wildman–Crippen MR) is 136 cm³/mol. The first-order valence-electron chi connectivity index (χ1n) is 9.96. The highest BCUT2D eigenvalue weighted by atomic mass is 79.9. The Morgan fingerprint density at radius 1 is 0.400 bits per heavy atom. The number of halogens is 2. The molecule has 0 spiro atoms. The monoisotopic (exact) mass is 516 g/mol. The summed E-state index contributed by atoms with van der Waals surface area (Å²) in [4.78, 5) is 0. The average molecular weight is 518 g/mol. The first-order chi connectivity index (χ1) is 14.8. The molecule has 0 N–H and O–H groups in total. The smallest absolute Gasteiger partial charge is 0.0283 e. The number of hydrogen-bond donors (Lipinski definition) is 0. The van der Waals surface area contributed by atoms with E-state index in [9.17, 15) is 0 Å². The number of hydrogen-bond acceptors (Lipinski definition) is 0. The summed E-state index contributed by atoms with van der Waals surface area (Å²) in [5.74, 6) is 0. The normalized spacial score (nSPS) is 11.8. The second-order valence-electron chi connectivity index (χ2n) is 7.14. The SMILES string of the molecule is BrCc1ccc(/C(=C(\c2ccccc2)c2ccc(CBr)cc2)c2ccccc2)cc1. The summed E-state index contributed by atoms with van der Waals surface area (Å²) >= 11 is 7.13. The molecule has 148 valence electrons. The van der Waals surface area contributed by atoms with Gasteiger partial charge in [0.15, 0.2) is 0 Å². The summed E-state index contributed by atoms with van der Waals surface area (Å²) in [5, 5.41) is 1.72. The fourth-order valence-corrected chi connectivity index (χ4v) is 4.39. The second-order valence-corrected chi connectivity index (χ2v) is 8.26. The van der Waals surface area contributed by atoms with Crippen LogP contribution in [0.3, 0.4) is 0 Å². The Morgan fingerprint density at radius 3 is 1.00 bits per heavy atom. The van der Waals surface area contributed by atoms with Crippen molar-refractivity contribution in [2.75, 3.05) is 0 Å². The minimum absolute atomic E-state index is 0.858. The van der Waals surface area contributed by atoms with Gasteiger partial charge in [-0.2, -0.15) is 0 Å². The van der Waals surface area contributed by atoms with Gasteiger partial charge in [0.05, 0.1) is 0 Å². The first kappa shape index (κ1) is 20.8. The van der Waals surface area contributed by atoms with Gasteiger partial charge in [-0.3, -0.25) is 0 Å². The van der Waals surface area contributed by atoms with Crippen LogP contribution in [-0.4, -0.2) is 0 Å². The molecular formula is C28H22Br2. The van der Waals surface area contributed by atoms with Gasteiger partial charge in [0.25, 0.3) is 0 Å². The molecule has 0 aliphatic rings. The third kappa shape index (κ3) is 4.66. The summed E-state index contributed by atoms with van der Waals surface area (Å²) in [5.41, 5.74) is 9.90. The molecule has 0 radical (unpaired) electrons. The van der Waals surface area contributed by atoms with Crippen LogP contribution in [0.1, 0.15) is 33.4 Å². The Balaban J connectivity index is 2.03. The zero-order chi connectivity index (χ0) is 20.8. The lowest BCUT2D eigenvalue weighted by atomic mass is 9.85. The van der Waals surface area contributed by atoms with Crippen LogP contribution in [-0.2, 0) is 10.7 Å². The molecule has 0 heterocycles. The van der Waals surface area contributed by atoms with Gasteiger partial charge in [-0.15, -0.1) is 0 Å². The molecule has 0 saturated carbocycles. The zero-order valence-electron chi connectivity index (χ0n) is 16.6. The molecule has 0 aliphatic carbocycles. The molecule has 0 atom stereocenters. The van der Waals surface area contributed by atoms with Crippen LogP contribution >= 0.6 is 31.9 Å². The summed E-state index contributed by atoms with van der Waals surface area (Å²) < 4.78 is 0. The molecule has 0 unspecified atom stereocenters. The van der Waals surface area contributed by atoms with E-state index in [0.29, 0.717) is 0 Å². The summed E-state index contributed by atoms with van der Waals surface area (Å²) in [7, 11) is 0. The Hall–Kier alpha value is -2.42. The van der Waals surface area contributed by atoms with Crippen molar-refractivity contribution < 1.29 is 0 Å². The van der Waals surface area contributed by atoms with E-state index in [-0.39, 0.29) is 0 Å². The van der Waals surface area contributed by atoms with E-state index in [1.54, 1.807) is 0 Å². The van der Waals surface area contributed by atoms with Gasteiger partial charge in [0.2, 0.25) is 0 Å². The molecule has 4 aromatic rings. The van der Waals surface area contributed by atoms with Crippen LogP contribution in [0.25, 0.3) is 11.1 Å². The molecule has 0 nitrogen and oxygen atoms in total. The minimum Gasteiger partial charge on any atom is -0.0876 e. The van der Waals surface area contributed by atoms with Crippen LogP contribution in [0.4, 0.5) is 0 Å². The van der Waals surface area contributed by atoms with Crippen LogP contribution in [0.2, 0.25) is 0 Å². The van der Waals surface area contributed by atoms with Crippen LogP contribution in [0.15, 0.2) is 109 Å². The van der Waals surface area contributed by atoms with Gasteiger partial charge in [0, 0.05) is 10.7 Å². The molecule has 2 heteroatoms. The van der Waals surface area contributed by atoms with E-state index >= 15 is 0 Å². The molecule has 30 heavy (non-hydrogen) atoms. The molecule has 0 amide bonds. The van der Waals surface area contributed by atoms with Crippen molar-refractivity contribution in [3.05, 3.63) is 143 Å². The van der Waals surface area contributed by atoms with Crippen molar-refractivity contribution in [1.29, 1.82) is 0 Å². The van der Waals surface area contributed by atoms with E-state index < -0.39 is 0 Å². The molecule has 0 fully saturated rings. The van der Waals surface area contributed by atoms with E-state index in [1.165, 1.54) is 44.5 Å². The number of alkyl halides is 2. The fraction of sp³-hybridized carbons (Fsp3) is 0.0714. The molecule has 0 aromatic heterocycles. The van der Waals surface area contributed by atoms with Gasteiger partial charge in [-0.1, -0.05) is 141 Å². The van der Waals surface area contributed by atoms with E-state index in [4.69, 9.17) is 0 Å². The van der Waals surface area contributed by atoms with Crippen LogP contribution in [0, 0.1) is 0 Å². The highest BCUT2D eigenvalue weighted by molar-refractivity contribution is 9.08. The third-order valence-corrected chi connectivity index (χ3v) is 6.46. The van der Waals surface area contributed by atoms with Gasteiger partial charge < -0.3 is 0 Å². The van der Waals surface area contributed by atoms with Crippen molar-refractivity contribution in [3.63, 3.8) is 0 Å². The Kier molecular flexibility index (Phi) is 6.99. The van der Waals surface area contributed by atoms with Crippen molar-refractivity contribution in [1.82, 2.24) is 0 Å². The summed E-state index contributed by atoms with van der Waals surface area (Å²) in [6.07, 6.45) is 0. The maximum atomic E-state index is 3.56. The molecule has 4 aromatic carbocycles. The van der Waals surface area contributed by atoms with Crippen molar-refractivity contribution in [3.8, 4) is 0 Å². The van der Waals surface area contributed by atoms with Gasteiger partial charge in [0.1, 0.15) is 0 Å². The van der Waals surface area contributed by atoms with Gasteiger partial charge in [-0.25, -0.2) is 0 Å². The summed E-state index contributed by atoms with van der Waals surface area (Å²) in [6, 6.07) is 39.1.